The molecule has 4 N–H and O–H groups in total. The zero-order chi connectivity index (χ0) is 12.7. The normalized spacial score (nSPS) is 13.7. The second-order valence-electron chi connectivity index (χ2n) is 4.23. The lowest BCUT2D eigenvalue weighted by atomic mass is 10.2. The zero-order valence-corrected chi connectivity index (χ0v) is 10.4. The maximum absolute atomic E-state index is 5.99. The van der Waals surface area contributed by atoms with Gasteiger partial charge in [0, 0.05) is 22.8 Å². The molecule has 3 rings (SSSR count). The summed E-state index contributed by atoms with van der Waals surface area (Å²) in [5.41, 5.74) is 14.3. The molecule has 0 atom stereocenters. The van der Waals surface area contributed by atoms with Gasteiger partial charge in [-0.25, -0.2) is 4.98 Å². The Bertz CT molecular complexity index is 613. The lowest BCUT2D eigenvalue weighted by molar-refractivity contribution is 0.871. The Morgan fingerprint density at radius 2 is 2.00 bits per heavy atom. The van der Waals surface area contributed by atoms with Crippen LogP contribution in [-0.4, -0.2) is 9.97 Å². The Morgan fingerprint density at radius 3 is 2.78 bits per heavy atom. The number of rotatable bonds is 1. The van der Waals surface area contributed by atoms with Crippen LogP contribution in [0.15, 0.2) is 24.3 Å². The van der Waals surface area contributed by atoms with Gasteiger partial charge in [0.25, 0.3) is 0 Å². The first-order valence-corrected chi connectivity index (χ1v) is 5.92. The quantitative estimate of drug-likeness (QED) is 0.818. The van der Waals surface area contributed by atoms with Crippen molar-refractivity contribution in [3.63, 3.8) is 0 Å². The number of fused-ring (bicyclic) bond motifs is 1. The Balaban J connectivity index is 1.96. The van der Waals surface area contributed by atoms with Crippen molar-refractivity contribution < 1.29 is 0 Å². The van der Waals surface area contributed by atoms with E-state index in [9.17, 15) is 0 Å². The molecule has 0 unspecified atom stereocenters. The summed E-state index contributed by atoms with van der Waals surface area (Å²) in [6.07, 6.45) is 0. The SMILES string of the molecule is Nc1nc(N)c2c(n1)CN(c1cccc(Cl)c1)C2. The predicted molar refractivity (Wildman–Crippen MR) is 72.2 cm³/mol. The molecule has 0 bridgehead atoms. The fourth-order valence-corrected chi connectivity index (χ4v) is 2.34. The monoisotopic (exact) mass is 261 g/mol. The third kappa shape index (κ3) is 1.82. The van der Waals surface area contributed by atoms with Crippen molar-refractivity contribution in [3.8, 4) is 0 Å². The summed E-state index contributed by atoms with van der Waals surface area (Å²) in [5.74, 6) is 0.682. The highest BCUT2D eigenvalue weighted by atomic mass is 35.5. The summed E-state index contributed by atoms with van der Waals surface area (Å²) in [7, 11) is 0. The predicted octanol–water partition coefficient (Wildman–Crippen LogP) is 1.81. The molecule has 0 amide bonds. The highest BCUT2D eigenvalue weighted by molar-refractivity contribution is 6.30. The van der Waals surface area contributed by atoms with E-state index in [4.69, 9.17) is 23.1 Å². The van der Waals surface area contributed by atoms with E-state index in [1.165, 1.54) is 0 Å². The second-order valence-corrected chi connectivity index (χ2v) is 4.66. The van der Waals surface area contributed by atoms with E-state index >= 15 is 0 Å². The van der Waals surface area contributed by atoms with Crippen molar-refractivity contribution in [1.82, 2.24) is 9.97 Å². The van der Waals surface area contributed by atoms with Gasteiger partial charge in [-0.05, 0) is 18.2 Å². The minimum absolute atomic E-state index is 0.221. The van der Waals surface area contributed by atoms with Gasteiger partial charge in [0.1, 0.15) is 5.82 Å². The van der Waals surface area contributed by atoms with Crippen molar-refractivity contribution in [2.45, 2.75) is 13.1 Å². The fourth-order valence-electron chi connectivity index (χ4n) is 2.16. The Hall–Kier alpha value is -2.01. The zero-order valence-electron chi connectivity index (χ0n) is 9.60. The van der Waals surface area contributed by atoms with Crippen LogP contribution >= 0.6 is 11.6 Å². The summed E-state index contributed by atoms with van der Waals surface area (Å²) in [5, 5.41) is 0.710. The molecule has 1 aliphatic heterocycles. The Kier molecular flexibility index (Phi) is 2.48. The first kappa shape index (κ1) is 11.1. The van der Waals surface area contributed by atoms with Crippen LogP contribution < -0.4 is 16.4 Å². The van der Waals surface area contributed by atoms with Gasteiger partial charge in [0.2, 0.25) is 5.95 Å². The summed E-state index contributed by atoms with van der Waals surface area (Å²) in [6.45, 7) is 1.36. The van der Waals surface area contributed by atoms with Crippen LogP contribution in [0.2, 0.25) is 5.02 Å². The standard InChI is InChI=1S/C12H12ClN5/c13-7-2-1-3-8(4-7)18-5-9-10(6-18)16-12(15)17-11(9)14/h1-4H,5-6H2,(H4,14,15,16,17). The third-order valence-electron chi connectivity index (χ3n) is 3.00. The number of nitrogens with two attached hydrogens (primary N) is 2. The van der Waals surface area contributed by atoms with E-state index in [0.29, 0.717) is 23.9 Å². The summed E-state index contributed by atoms with van der Waals surface area (Å²) in [4.78, 5) is 10.3. The van der Waals surface area contributed by atoms with E-state index in [2.05, 4.69) is 14.9 Å². The van der Waals surface area contributed by atoms with Gasteiger partial charge in [-0.3, -0.25) is 0 Å². The lowest BCUT2D eigenvalue weighted by Gasteiger charge is -2.17. The first-order valence-electron chi connectivity index (χ1n) is 5.55. The van der Waals surface area contributed by atoms with E-state index in [-0.39, 0.29) is 5.95 Å². The van der Waals surface area contributed by atoms with Crippen LogP contribution in [0.1, 0.15) is 11.3 Å². The number of halogens is 1. The van der Waals surface area contributed by atoms with Gasteiger partial charge in [-0.15, -0.1) is 0 Å². The maximum Gasteiger partial charge on any atom is 0.222 e. The number of hydrogen-bond donors (Lipinski definition) is 2. The van der Waals surface area contributed by atoms with Crippen molar-refractivity contribution in [3.05, 3.63) is 40.5 Å². The number of hydrogen-bond acceptors (Lipinski definition) is 5. The number of nitrogens with zero attached hydrogens (tertiary/aromatic N) is 3. The molecule has 0 saturated carbocycles. The smallest absolute Gasteiger partial charge is 0.222 e. The summed E-state index contributed by atoms with van der Waals surface area (Å²) >= 11 is 5.99. The van der Waals surface area contributed by atoms with Gasteiger partial charge in [0.05, 0.1) is 12.2 Å². The van der Waals surface area contributed by atoms with Crippen LogP contribution in [0, 0.1) is 0 Å². The topological polar surface area (TPSA) is 81.1 Å². The van der Waals surface area contributed by atoms with E-state index < -0.39 is 0 Å². The first-order chi connectivity index (χ1) is 8.63. The fraction of sp³-hybridized carbons (Fsp3) is 0.167. The molecule has 92 valence electrons. The molecule has 0 radical (unpaired) electrons. The van der Waals surface area contributed by atoms with Crippen LogP contribution in [0.5, 0.6) is 0 Å². The number of anilines is 3. The molecule has 0 fully saturated rings. The van der Waals surface area contributed by atoms with Crippen molar-refractivity contribution >= 4 is 29.1 Å². The van der Waals surface area contributed by atoms with Gasteiger partial charge >= 0.3 is 0 Å². The molecule has 2 aromatic rings. The summed E-state index contributed by atoms with van der Waals surface area (Å²) < 4.78 is 0. The number of aromatic nitrogens is 2. The average Bonchev–Trinajstić information content (AvgIpc) is 2.73. The number of benzene rings is 1. The van der Waals surface area contributed by atoms with Crippen molar-refractivity contribution in [2.75, 3.05) is 16.4 Å². The molecule has 2 heterocycles. The molecule has 0 saturated heterocycles. The van der Waals surface area contributed by atoms with Crippen LogP contribution in [0.25, 0.3) is 0 Å². The van der Waals surface area contributed by atoms with Crippen LogP contribution in [0.3, 0.4) is 0 Å². The van der Waals surface area contributed by atoms with Gasteiger partial charge in [-0.2, -0.15) is 4.98 Å². The molecule has 6 heteroatoms. The van der Waals surface area contributed by atoms with Gasteiger partial charge in [-0.1, -0.05) is 17.7 Å². The number of nitrogen functional groups attached to an aromatic ring is 2. The van der Waals surface area contributed by atoms with Crippen molar-refractivity contribution in [2.24, 2.45) is 0 Å². The molecule has 0 aliphatic carbocycles. The Morgan fingerprint density at radius 1 is 1.17 bits per heavy atom. The van der Waals surface area contributed by atoms with Crippen LogP contribution in [0.4, 0.5) is 17.5 Å². The third-order valence-corrected chi connectivity index (χ3v) is 3.24. The highest BCUT2D eigenvalue weighted by Gasteiger charge is 2.24. The van der Waals surface area contributed by atoms with E-state index in [0.717, 1.165) is 16.9 Å². The highest BCUT2D eigenvalue weighted by Crippen LogP contribution is 2.31. The molecular formula is C12H12ClN5. The largest absolute Gasteiger partial charge is 0.383 e. The van der Waals surface area contributed by atoms with Gasteiger partial charge in [0.15, 0.2) is 0 Å². The molecule has 18 heavy (non-hydrogen) atoms. The molecular weight excluding hydrogens is 250 g/mol. The summed E-state index contributed by atoms with van der Waals surface area (Å²) in [6, 6.07) is 7.69. The minimum Gasteiger partial charge on any atom is -0.383 e. The van der Waals surface area contributed by atoms with E-state index in [1.807, 2.05) is 24.3 Å². The van der Waals surface area contributed by atoms with Gasteiger partial charge < -0.3 is 16.4 Å². The van der Waals surface area contributed by atoms with Crippen molar-refractivity contribution in [1.29, 1.82) is 0 Å². The molecule has 1 aliphatic rings. The lowest BCUT2D eigenvalue weighted by Crippen LogP contribution is -2.14. The molecule has 5 nitrogen and oxygen atoms in total. The minimum atomic E-state index is 0.221. The van der Waals surface area contributed by atoms with E-state index in [1.54, 1.807) is 0 Å². The molecule has 1 aromatic carbocycles. The second kappa shape index (κ2) is 4.03. The molecule has 0 spiro atoms. The molecule has 1 aromatic heterocycles. The van der Waals surface area contributed by atoms with Crippen LogP contribution in [-0.2, 0) is 13.1 Å². The average molecular weight is 262 g/mol. The Labute approximate surface area is 109 Å². The maximum atomic E-state index is 5.99.